The van der Waals surface area contributed by atoms with E-state index in [0.717, 1.165) is 17.7 Å². The van der Waals surface area contributed by atoms with E-state index in [2.05, 4.69) is 51.1 Å². The Morgan fingerprint density at radius 1 is 1.27 bits per heavy atom. The Balaban J connectivity index is 2.82. The van der Waals surface area contributed by atoms with Crippen LogP contribution in [0.5, 0.6) is 0 Å². The second-order valence-electron chi connectivity index (χ2n) is 4.27. The molecule has 0 amide bonds. The highest BCUT2D eigenvalue weighted by Crippen LogP contribution is 2.17. The van der Waals surface area contributed by atoms with E-state index >= 15 is 0 Å². The Bertz CT molecular complexity index is 320. The van der Waals surface area contributed by atoms with Gasteiger partial charge >= 0.3 is 0 Å². The molecule has 82 valence electrons. The summed E-state index contributed by atoms with van der Waals surface area (Å²) in [6, 6.07) is 8.42. The Morgan fingerprint density at radius 3 is 2.33 bits per heavy atom. The summed E-state index contributed by atoms with van der Waals surface area (Å²) in [5.41, 5.74) is 2.43. The zero-order valence-electron chi connectivity index (χ0n) is 10.1. The van der Waals surface area contributed by atoms with Crippen molar-refractivity contribution in [3.8, 4) is 0 Å². The summed E-state index contributed by atoms with van der Waals surface area (Å²) < 4.78 is 5.39. The summed E-state index contributed by atoms with van der Waals surface area (Å²) in [7, 11) is 1.73. The van der Waals surface area contributed by atoms with E-state index in [1.54, 1.807) is 7.11 Å². The fraction of sp³-hybridized carbons (Fsp3) is 0.429. The topological polar surface area (TPSA) is 9.23 Å². The first kappa shape index (κ1) is 11.8. The maximum absolute atomic E-state index is 5.39. The predicted molar refractivity (Wildman–Crippen MR) is 65.6 cm³/mol. The van der Waals surface area contributed by atoms with Crippen LogP contribution in [0.25, 0.3) is 5.76 Å². The molecular formula is C14H20O. The van der Waals surface area contributed by atoms with Gasteiger partial charge in [0.15, 0.2) is 0 Å². The van der Waals surface area contributed by atoms with Crippen LogP contribution in [0.1, 0.15) is 31.4 Å². The lowest BCUT2D eigenvalue weighted by Crippen LogP contribution is -1.90. The van der Waals surface area contributed by atoms with Crippen LogP contribution in [-0.2, 0) is 4.74 Å². The minimum Gasteiger partial charge on any atom is -0.496 e. The van der Waals surface area contributed by atoms with Crippen LogP contribution in [-0.4, -0.2) is 7.11 Å². The molecule has 1 aromatic rings. The van der Waals surface area contributed by atoms with Crippen molar-refractivity contribution in [3.05, 3.63) is 41.5 Å². The van der Waals surface area contributed by atoms with E-state index in [-0.39, 0.29) is 0 Å². The lowest BCUT2D eigenvalue weighted by atomic mass is 10.1. The number of hydrogen-bond donors (Lipinski definition) is 0. The van der Waals surface area contributed by atoms with Gasteiger partial charge in [0, 0.05) is 5.56 Å². The van der Waals surface area contributed by atoms with E-state index in [0.29, 0.717) is 5.92 Å². The van der Waals surface area contributed by atoms with Crippen LogP contribution in [0, 0.1) is 12.8 Å². The second kappa shape index (κ2) is 5.59. The molecule has 15 heavy (non-hydrogen) atoms. The van der Waals surface area contributed by atoms with Crippen molar-refractivity contribution in [2.24, 2.45) is 5.92 Å². The monoisotopic (exact) mass is 204 g/mol. The summed E-state index contributed by atoms with van der Waals surface area (Å²) >= 11 is 0. The van der Waals surface area contributed by atoms with Crippen molar-refractivity contribution >= 4 is 5.76 Å². The Morgan fingerprint density at radius 2 is 1.87 bits per heavy atom. The van der Waals surface area contributed by atoms with Gasteiger partial charge in [-0.15, -0.1) is 0 Å². The van der Waals surface area contributed by atoms with Gasteiger partial charge in [-0.2, -0.15) is 0 Å². The average molecular weight is 204 g/mol. The van der Waals surface area contributed by atoms with Gasteiger partial charge < -0.3 is 4.74 Å². The number of ether oxygens (including phenoxy) is 1. The lowest BCUT2D eigenvalue weighted by molar-refractivity contribution is 0.367. The zero-order valence-corrected chi connectivity index (χ0v) is 10.1. The van der Waals surface area contributed by atoms with E-state index in [9.17, 15) is 0 Å². The molecule has 0 aliphatic carbocycles. The molecule has 0 fully saturated rings. The van der Waals surface area contributed by atoms with Crippen molar-refractivity contribution in [1.82, 2.24) is 0 Å². The molecule has 1 rings (SSSR count). The molecule has 0 heterocycles. The van der Waals surface area contributed by atoms with Crippen LogP contribution in [0.15, 0.2) is 30.3 Å². The minimum atomic E-state index is 0.667. The Labute approximate surface area is 92.8 Å². The SMILES string of the molecule is COC(=CCC(C)C)c1ccc(C)cc1. The standard InChI is InChI=1S/C14H20O/c1-11(2)5-10-14(15-4)13-8-6-12(3)7-9-13/h6-11H,5H2,1-4H3. The molecule has 0 radical (unpaired) electrons. The predicted octanol–water partition coefficient (Wildman–Crippen LogP) is 4.03. The maximum Gasteiger partial charge on any atom is 0.122 e. The van der Waals surface area contributed by atoms with E-state index in [1.165, 1.54) is 5.56 Å². The van der Waals surface area contributed by atoms with Gasteiger partial charge in [-0.05, 0) is 25.3 Å². The molecule has 0 aliphatic rings. The summed E-state index contributed by atoms with van der Waals surface area (Å²) in [5.74, 6) is 1.64. The highest BCUT2D eigenvalue weighted by Gasteiger charge is 2.01. The van der Waals surface area contributed by atoms with Gasteiger partial charge in [0.05, 0.1) is 7.11 Å². The molecule has 0 N–H and O–H groups in total. The summed E-state index contributed by atoms with van der Waals surface area (Å²) in [5, 5.41) is 0. The van der Waals surface area contributed by atoms with E-state index in [4.69, 9.17) is 4.74 Å². The molecule has 1 heteroatoms. The summed E-state index contributed by atoms with van der Waals surface area (Å²) in [6.45, 7) is 6.51. The zero-order chi connectivity index (χ0) is 11.3. The molecule has 0 spiro atoms. The van der Waals surface area contributed by atoms with Gasteiger partial charge in [-0.3, -0.25) is 0 Å². The summed E-state index contributed by atoms with van der Waals surface area (Å²) in [6.07, 6.45) is 3.21. The van der Waals surface area contributed by atoms with Crippen molar-refractivity contribution in [2.75, 3.05) is 7.11 Å². The smallest absolute Gasteiger partial charge is 0.122 e. The molecule has 0 saturated carbocycles. The quantitative estimate of drug-likeness (QED) is 0.673. The minimum absolute atomic E-state index is 0.667. The molecule has 1 aromatic carbocycles. The molecule has 0 bridgehead atoms. The van der Waals surface area contributed by atoms with Crippen molar-refractivity contribution in [3.63, 3.8) is 0 Å². The van der Waals surface area contributed by atoms with Gasteiger partial charge in [0.1, 0.15) is 5.76 Å². The molecule has 1 nitrogen and oxygen atoms in total. The first-order valence-electron chi connectivity index (χ1n) is 5.44. The van der Waals surface area contributed by atoms with Crippen LogP contribution in [0.4, 0.5) is 0 Å². The third-order valence-electron chi connectivity index (χ3n) is 2.33. The van der Waals surface area contributed by atoms with E-state index < -0.39 is 0 Å². The normalized spacial score (nSPS) is 11.9. The van der Waals surface area contributed by atoms with Crippen LogP contribution in [0.3, 0.4) is 0 Å². The molecule has 0 aliphatic heterocycles. The van der Waals surface area contributed by atoms with Gasteiger partial charge in [0.2, 0.25) is 0 Å². The van der Waals surface area contributed by atoms with Crippen molar-refractivity contribution in [2.45, 2.75) is 27.2 Å². The van der Waals surface area contributed by atoms with E-state index in [1.807, 2.05) is 0 Å². The molecule has 0 aromatic heterocycles. The number of rotatable bonds is 4. The molecular weight excluding hydrogens is 184 g/mol. The molecule has 0 atom stereocenters. The molecule has 0 unspecified atom stereocenters. The number of benzene rings is 1. The Hall–Kier alpha value is -1.24. The van der Waals surface area contributed by atoms with Crippen LogP contribution < -0.4 is 0 Å². The lowest BCUT2D eigenvalue weighted by Gasteiger charge is -2.08. The number of allylic oxidation sites excluding steroid dienone is 1. The van der Waals surface area contributed by atoms with Crippen molar-refractivity contribution in [1.29, 1.82) is 0 Å². The maximum atomic E-state index is 5.39. The third-order valence-corrected chi connectivity index (χ3v) is 2.33. The largest absolute Gasteiger partial charge is 0.496 e. The fourth-order valence-electron chi connectivity index (χ4n) is 1.38. The Kier molecular flexibility index (Phi) is 4.41. The average Bonchev–Trinajstić information content (AvgIpc) is 2.21. The van der Waals surface area contributed by atoms with Crippen LogP contribution in [0.2, 0.25) is 0 Å². The van der Waals surface area contributed by atoms with Crippen LogP contribution >= 0.6 is 0 Å². The number of aryl methyl sites for hydroxylation is 1. The first-order valence-corrected chi connectivity index (χ1v) is 5.44. The highest BCUT2D eigenvalue weighted by molar-refractivity contribution is 5.59. The second-order valence-corrected chi connectivity index (χ2v) is 4.27. The van der Waals surface area contributed by atoms with Gasteiger partial charge in [-0.1, -0.05) is 43.7 Å². The fourth-order valence-corrected chi connectivity index (χ4v) is 1.38. The summed E-state index contributed by atoms with van der Waals surface area (Å²) in [4.78, 5) is 0. The van der Waals surface area contributed by atoms with Gasteiger partial charge in [-0.25, -0.2) is 0 Å². The highest BCUT2D eigenvalue weighted by atomic mass is 16.5. The third kappa shape index (κ3) is 3.78. The number of hydrogen-bond acceptors (Lipinski definition) is 1. The van der Waals surface area contributed by atoms with Crippen molar-refractivity contribution < 1.29 is 4.74 Å². The molecule has 0 saturated heterocycles. The number of methoxy groups -OCH3 is 1. The first-order chi connectivity index (χ1) is 7.13. The van der Waals surface area contributed by atoms with Gasteiger partial charge in [0.25, 0.3) is 0 Å².